The molecule has 7 nitrogen and oxygen atoms in total. The van der Waals surface area contributed by atoms with Gasteiger partial charge in [-0.1, -0.05) is 6.92 Å². The summed E-state index contributed by atoms with van der Waals surface area (Å²) in [5.41, 5.74) is 3.20. The third-order valence-corrected chi connectivity index (χ3v) is 5.17. The number of nitrogens with one attached hydrogen (secondary N) is 1. The molecule has 0 saturated heterocycles. The molecule has 2 aromatic heterocycles. The molecule has 0 spiro atoms. The average Bonchev–Trinajstić information content (AvgIpc) is 3.18. The predicted octanol–water partition coefficient (Wildman–Crippen LogP) is 3.18. The summed E-state index contributed by atoms with van der Waals surface area (Å²) in [5.74, 6) is 3.17. The Labute approximate surface area is 171 Å². The van der Waals surface area contributed by atoms with Crippen molar-refractivity contribution in [2.75, 3.05) is 19.8 Å². The molecule has 1 atom stereocenters. The maximum atomic E-state index is 5.85. The highest BCUT2D eigenvalue weighted by Crippen LogP contribution is 2.34. The maximum Gasteiger partial charge on any atom is 0.161 e. The van der Waals surface area contributed by atoms with Crippen LogP contribution in [0.4, 0.5) is 0 Å². The molecule has 0 saturated carbocycles. The van der Waals surface area contributed by atoms with E-state index in [1.54, 1.807) is 0 Å². The fourth-order valence-electron chi connectivity index (χ4n) is 3.67. The Hall–Kier alpha value is -2.80. The van der Waals surface area contributed by atoms with E-state index < -0.39 is 0 Å². The molecule has 0 amide bonds. The molecule has 3 aromatic rings. The van der Waals surface area contributed by atoms with Gasteiger partial charge in [0.1, 0.15) is 5.82 Å². The van der Waals surface area contributed by atoms with Gasteiger partial charge in [0.2, 0.25) is 0 Å². The minimum atomic E-state index is 0.501. The summed E-state index contributed by atoms with van der Waals surface area (Å²) in [7, 11) is 1.96. The summed E-state index contributed by atoms with van der Waals surface area (Å²) in [5, 5.41) is 8.28. The summed E-state index contributed by atoms with van der Waals surface area (Å²) in [4.78, 5) is 4.29. The largest absolute Gasteiger partial charge is 0.490 e. The van der Waals surface area contributed by atoms with Crippen LogP contribution < -0.4 is 14.8 Å². The number of fused-ring (bicyclic) bond motifs is 1. The summed E-state index contributed by atoms with van der Waals surface area (Å²) in [6.07, 6.45) is 6.87. The van der Waals surface area contributed by atoms with Crippen LogP contribution in [-0.4, -0.2) is 39.1 Å². The van der Waals surface area contributed by atoms with Crippen molar-refractivity contribution in [1.29, 1.82) is 0 Å². The van der Waals surface area contributed by atoms with E-state index in [4.69, 9.17) is 14.6 Å². The van der Waals surface area contributed by atoms with Gasteiger partial charge in [-0.15, -0.1) is 0 Å². The van der Waals surface area contributed by atoms with E-state index in [1.807, 2.05) is 43.2 Å². The second-order valence-electron chi connectivity index (χ2n) is 7.75. The van der Waals surface area contributed by atoms with Gasteiger partial charge in [-0.25, -0.2) is 4.98 Å². The predicted molar refractivity (Wildman–Crippen MR) is 112 cm³/mol. The Bertz CT molecular complexity index is 962. The lowest BCUT2D eigenvalue weighted by molar-refractivity contribution is 0.297. The molecule has 1 aromatic carbocycles. The van der Waals surface area contributed by atoms with Gasteiger partial charge >= 0.3 is 0 Å². The zero-order valence-electron chi connectivity index (χ0n) is 17.4. The number of aromatic nitrogens is 4. The van der Waals surface area contributed by atoms with E-state index >= 15 is 0 Å². The topological polar surface area (TPSA) is 66.1 Å². The lowest BCUT2D eigenvalue weighted by atomic mass is 10.1. The number of benzene rings is 1. The molecular formula is C22H29N5O2. The van der Waals surface area contributed by atoms with Crippen molar-refractivity contribution in [3.05, 3.63) is 48.2 Å². The first kappa shape index (κ1) is 19.5. The molecule has 1 aliphatic heterocycles. The first-order valence-electron chi connectivity index (χ1n) is 10.2. The highest BCUT2D eigenvalue weighted by Gasteiger charge is 2.16. The van der Waals surface area contributed by atoms with Crippen LogP contribution in [0.5, 0.6) is 11.5 Å². The van der Waals surface area contributed by atoms with Gasteiger partial charge in [0.05, 0.1) is 18.9 Å². The Morgan fingerprint density at radius 1 is 1.21 bits per heavy atom. The average molecular weight is 396 g/mol. The molecule has 0 radical (unpaired) electrons. The summed E-state index contributed by atoms with van der Waals surface area (Å²) >= 11 is 0. The Morgan fingerprint density at radius 3 is 2.83 bits per heavy atom. The van der Waals surface area contributed by atoms with E-state index in [-0.39, 0.29) is 0 Å². The molecular weight excluding hydrogens is 366 g/mol. The van der Waals surface area contributed by atoms with Crippen molar-refractivity contribution in [2.24, 2.45) is 13.0 Å². The summed E-state index contributed by atoms with van der Waals surface area (Å²) in [6, 6.07) is 6.08. The summed E-state index contributed by atoms with van der Waals surface area (Å²) in [6.45, 7) is 8.32. The summed E-state index contributed by atoms with van der Waals surface area (Å²) < 4.78 is 15.7. The number of aryl methyl sites for hydroxylation is 2. The molecule has 0 bridgehead atoms. The van der Waals surface area contributed by atoms with Crippen LogP contribution in [0, 0.1) is 12.8 Å². The standard InChI is InChI=1S/C22H29N5O2/c1-16(14-27-8-7-24-17(27)2)12-23-13-19-15-26(3)25-22(19)18-5-6-20-21(11-18)29-10-4-9-28-20/h5-8,11,15-16,23H,4,9-10,12-14H2,1-3H3. The fraction of sp³-hybridized carbons (Fsp3) is 0.455. The van der Waals surface area contributed by atoms with Crippen LogP contribution in [0.3, 0.4) is 0 Å². The second-order valence-corrected chi connectivity index (χ2v) is 7.75. The SMILES string of the molecule is Cc1nccn1CC(C)CNCc1cn(C)nc1-c1ccc2c(c1)OCCCO2. The Balaban J connectivity index is 1.42. The minimum absolute atomic E-state index is 0.501. The zero-order chi connectivity index (χ0) is 20.2. The number of hydrogen-bond donors (Lipinski definition) is 1. The monoisotopic (exact) mass is 395 g/mol. The van der Waals surface area contributed by atoms with E-state index in [1.165, 1.54) is 5.56 Å². The fourth-order valence-corrected chi connectivity index (χ4v) is 3.67. The maximum absolute atomic E-state index is 5.85. The normalized spacial score (nSPS) is 14.6. The Kier molecular flexibility index (Phi) is 5.85. The molecule has 1 N–H and O–H groups in total. The second kappa shape index (κ2) is 8.69. The van der Waals surface area contributed by atoms with Gasteiger partial charge in [-0.2, -0.15) is 5.10 Å². The molecule has 154 valence electrons. The number of nitrogens with zero attached hydrogens (tertiary/aromatic N) is 4. The van der Waals surface area contributed by atoms with Gasteiger partial charge < -0.3 is 19.4 Å². The number of ether oxygens (including phenoxy) is 2. The molecule has 0 fully saturated rings. The molecule has 7 heteroatoms. The molecule has 1 unspecified atom stereocenters. The van der Waals surface area contributed by atoms with Crippen LogP contribution >= 0.6 is 0 Å². The third kappa shape index (κ3) is 4.62. The minimum Gasteiger partial charge on any atom is -0.490 e. The highest BCUT2D eigenvalue weighted by molar-refractivity contribution is 5.66. The van der Waals surface area contributed by atoms with Gasteiger partial charge in [0.15, 0.2) is 11.5 Å². The van der Waals surface area contributed by atoms with E-state index in [2.05, 4.69) is 34.1 Å². The zero-order valence-corrected chi connectivity index (χ0v) is 17.4. The lowest BCUT2D eigenvalue weighted by Gasteiger charge is -2.14. The van der Waals surface area contributed by atoms with Crippen LogP contribution in [0.25, 0.3) is 11.3 Å². The van der Waals surface area contributed by atoms with Crippen LogP contribution in [0.1, 0.15) is 24.7 Å². The third-order valence-electron chi connectivity index (χ3n) is 5.17. The van der Waals surface area contributed by atoms with Crippen molar-refractivity contribution in [1.82, 2.24) is 24.6 Å². The molecule has 29 heavy (non-hydrogen) atoms. The van der Waals surface area contributed by atoms with E-state index in [0.29, 0.717) is 19.1 Å². The van der Waals surface area contributed by atoms with Crippen molar-refractivity contribution in [3.63, 3.8) is 0 Å². The Morgan fingerprint density at radius 2 is 2.03 bits per heavy atom. The van der Waals surface area contributed by atoms with Gasteiger partial charge in [0.25, 0.3) is 0 Å². The van der Waals surface area contributed by atoms with E-state index in [9.17, 15) is 0 Å². The first-order chi connectivity index (χ1) is 14.1. The molecule has 3 heterocycles. The van der Waals surface area contributed by atoms with Crippen molar-refractivity contribution >= 4 is 0 Å². The van der Waals surface area contributed by atoms with Crippen molar-refractivity contribution < 1.29 is 9.47 Å². The number of hydrogen-bond acceptors (Lipinski definition) is 5. The number of imidazole rings is 1. The van der Waals surface area contributed by atoms with Crippen molar-refractivity contribution in [2.45, 2.75) is 33.4 Å². The lowest BCUT2D eigenvalue weighted by Crippen LogP contribution is -2.24. The van der Waals surface area contributed by atoms with Crippen molar-refractivity contribution in [3.8, 4) is 22.8 Å². The van der Waals surface area contributed by atoms with Crippen LogP contribution in [0.15, 0.2) is 36.8 Å². The smallest absolute Gasteiger partial charge is 0.161 e. The van der Waals surface area contributed by atoms with Gasteiger partial charge in [-0.05, 0) is 37.6 Å². The molecule has 1 aliphatic rings. The number of rotatable bonds is 7. The van der Waals surface area contributed by atoms with E-state index in [0.717, 1.165) is 54.6 Å². The molecule has 4 rings (SSSR count). The quantitative estimate of drug-likeness (QED) is 0.666. The highest BCUT2D eigenvalue weighted by atomic mass is 16.5. The molecule has 0 aliphatic carbocycles. The van der Waals surface area contributed by atoms with Gasteiger partial charge in [-0.3, -0.25) is 4.68 Å². The van der Waals surface area contributed by atoms with Gasteiger partial charge in [0, 0.05) is 56.3 Å². The van der Waals surface area contributed by atoms with Crippen LogP contribution in [-0.2, 0) is 20.1 Å². The van der Waals surface area contributed by atoms with Crippen LogP contribution in [0.2, 0.25) is 0 Å². The first-order valence-corrected chi connectivity index (χ1v) is 10.2.